The molecule has 0 spiro atoms. The Morgan fingerprint density at radius 1 is 1.29 bits per heavy atom. The first-order valence-corrected chi connectivity index (χ1v) is 7.56. The molecule has 1 aliphatic carbocycles. The summed E-state index contributed by atoms with van der Waals surface area (Å²) in [4.78, 5) is 2.69. The maximum atomic E-state index is 6.12. The second-order valence-electron chi connectivity index (χ2n) is 6.00. The van der Waals surface area contributed by atoms with E-state index >= 15 is 0 Å². The molecule has 1 fully saturated rings. The van der Waals surface area contributed by atoms with Crippen LogP contribution in [-0.2, 0) is 0 Å². The zero-order chi connectivity index (χ0) is 12.9. The van der Waals surface area contributed by atoms with Crippen LogP contribution in [0.25, 0.3) is 0 Å². The van der Waals surface area contributed by atoms with Gasteiger partial charge in [-0.25, -0.2) is 0 Å². The summed E-state index contributed by atoms with van der Waals surface area (Å²) in [6.45, 7) is 12.5. The maximum absolute atomic E-state index is 6.12. The molecule has 0 aromatic carbocycles. The lowest BCUT2D eigenvalue weighted by Gasteiger charge is -2.42. The molecule has 102 valence electrons. The first-order valence-electron chi connectivity index (χ1n) is 7.56. The molecule has 0 radical (unpaired) electrons. The SMILES string of the molecule is CCC(CC)CN(CC)C1(CN)CCC(C)C1. The lowest BCUT2D eigenvalue weighted by molar-refractivity contribution is 0.0809. The van der Waals surface area contributed by atoms with E-state index in [0.29, 0.717) is 5.54 Å². The van der Waals surface area contributed by atoms with Crippen molar-refractivity contribution in [2.45, 2.75) is 65.3 Å². The van der Waals surface area contributed by atoms with E-state index in [1.54, 1.807) is 0 Å². The minimum absolute atomic E-state index is 0.316. The standard InChI is InChI=1S/C15H32N2/c1-5-14(6-2)11-17(7-3)15(12-16)9-8-13(4)10-15/h13-14H,5-12,16H2,1-4H3. The highest BCUT2D eigenvalue weighted by Crippen LogP contribution is 2.38. The average Bonchev–Trinajstić information content (AvgIpc) is 2.74. The van der Waals surface area contributed by atoms with Crippen molar-refractivity contribution < 1.29 is 0 Å². The monoisotopic (exact) mass is 240 g/mol. The van der Waals surface area contributed by atoms with Gasteiger partial charge in [0.2, 0.25) is 0 Å². The van der Waals surface area contributed by atoms with Crippen LogP contribution in [0.2, 0.25) is 0 Å². The molecular formula is C15H32N2. The van der Waals surface area contributed by atoms with Crippen molar-refractivity contribution in [3.05, 3.63) is 0 Å². The number of hydrogen-bond donors (Lipinski definition) is 1. The van der Waals surface area contributed by atoms with E-state index in [-0.39, 0.29) is 0 Å². The molecule has 1 rings (SSSR count). The van der Waals surface area contributed by atoms with Crippen LogP contribution in [-0.4, -0.2) is 30.1 Å². The van der Waals surface area contributed by atoms with Gasteiger partial charge in [-0.15, -0.1) is 0 Å². The van der Waals surface area contributed by atoms with Gasteiger partial charge in [-0.3, -0.25) is 4.90 Å². The smallest absolute Gasteiger partial charge is 0.0334 e. The number of nitrogens with zero attached hydrogens (tertiary/aromatic N) is 1. The highest BCUT2D eigenvalue weighted by molar-refractivity contribution is 4.98. The van der Waals surface area contributed by atoms with E-state index in [1.807, 2.05) is 0 Å². The molecule has 0 aromatic heterocycles. The third-order valence-corrected chi connectivity index (χ3v) is 4.90. The fourth-order valence-corrected chi connectivity index (χ4v) is 3.49. The van der Waals surface area contributed by atoms with Crippen molar-refractivity contribution in [3.63, 3.8) is 0 Å². The fourth-order valence-electron chi connectivity index (χ4n) is 3.49. The van der Waals surface area contributed by atoms with E-state index in [2.05, 4.69) is 32.6 Å². The number of hydrogen-bond acceptors (Lipinski definition) is 2. The van der Waals surface area contributed by atoms with Crippen LogP contribution < -0.4 is 5.73 Å². The third kappa shape index (κ3) is 3.45. The van der Waals surface area contributed by atoms with E-state index in [9.17, 15) is 0 Å². The van der Waals surface area contributed by atoms with Gasteiger partial charge in [0, 0.05) is 18.6 Å². The largest absolute Gasteiger partial charge is 0.329 e. The molecule has 1 saturated carbocycles. The normalized spacial score (nSPS) is 29.5. The summed E-state index contributed by atoms with van der Waals surface area (Å²) >= 11 is 0. The lowest BCUT2D eigenvalue weighted by Crippen LogP contribution is -2.53. The lowest BCUT2D eigenvalue weighted by atomic mass is 9.91. The molecular weight excluding hydrogens is 208 g/mol. The Labute approximate surface area is 108 Å². The van der Waals surface area contributed by atoms with Gasteiger partial charge in [-0.05, 0) is 37.6 Å². The number of rotatable bonds is 7. The zero-order valence-electron chi connectivity index (χ0n) is 12.3. The van der Waals surface area contributed by atoms with Crippen molar-refractivity contribution in [2.75, 3.05) is 19.6 Å². The molecule has 17 heavy (non-hydrogen) atoms. The fraction of sp³-hybridized carbons (Fsp3) is 1.00. The van der Waals surface area contributed by atoms with Gasteiger partial charge in [0.15, 0.2) is 0 Å². The Balaban J connectivity index is 2.70. The van der Waals surface area contributed by atoms with Crippen LogP contribution in [0.15, 0.2) is 0 Å². The maximum Gasteiger partial charge on any atom is 0.0334 e. The minimum atomic E-state index is 0.316. The predicted molar refractivity (Wildman–Crippen MR) is 76.1 cm³/mol. The molecule has 0 saturated heterocycles. The van der Waals surface area contributed by atoms with E-state index in [4.69, 9.17) is 5.73 Å². The van der Waals surface area contributed by atoms with Gasteiger partial charge in [0.1, 0.15) is 0 Å². The van der Waals surface area contributed by atoms with Gasteiger partial charge >= 0.3 is 0 Å². The van der Waals surface area contributed by atoms with Gasteiger partial charge in [0.05, 0.1) is 0 Å². The van der Waals surface area contributed by atoms with Crippen molar-refractivity contribution in [1.29, 1.82) is 0 Å². The van der Waals surface area contributed by atoms with Gasteiger partial charge in [-0.2, -0.15) is 0 Å². The highest BCUT2D eigenvalue weighted by Gasteiger charge is 2.40. The summed E-state index contributed by atoms with van der Waals surface area (Å²) < 4.78 is 0. The Morgan fingerprint density at radius 3 is 2.29 bits per heavy atom. The zero-order valence-corrected chi connectivity index (χ0v) is 12.3. The molecule has 0 aliphatic heterocycles. The van der Waals surface area contributed by atoms with Crippen molar-refractivity contribution >= 4 is 0 Å². The average molecular weight is 240 g/mol. The Morgan fingerprint density at radius 2 is 1.94 bits per heavy atom. The van der Waals surface area contributed by atoms with Crippen molar-refractivity contribution in [2.24, 2.45) is 17.6 Å². The van der Waals surface area contributed by atoms with Crippen LogP contribution in [0.3, 0.4) is 0 Å². The summed E-state index contributed by atoms with van der Waals surface area (Å²) in [6, 6.07) is 0. The molecule has 2 unspecified atom stereocenters. The first kappa shape index (κ1) is 15.0. The molecule has 0 heterocycles. The molecule has 2 N–H and O–H groups in total. The summed E-state index contributed by atoms with van der Waals surface area (Å²) in [7, 11) is 0. The van der Waals surface area contributed by atoms with Crippen molar-refractivity contribution in [3.8, 4) is 0 Å². The third-order valence-electron chi connectivity index (χ3n) is 4.90. The Hall–Kier alpha value is -0.0800. The molecule has 1 aliphatic rings. The van der Waals surface area contributed by atoms with Gasteiger partial charge < -0.3 is 5.73 Å². The van der Waals surface area contributed by atoms with E-state index < -0.39 is 0 Å². The minimum Gasteiger partial charge on any atom is -0.329 e. The summed E-state index contributed by atoms with van der Waals surface area (Å²) in [5, 5.41) is 0. The first-order chi connectivity index (χ1) is 8.11. The van der Waals surface area contributed by atoms with E-state index in [1.165, 1.54) is 38.6 Å². The molecule has 0 amide bonds. The van der Waals surface area contributed by atoms with Gasteiger partial charge in [0.25, 0.3) is 0 Å². The number of nitrogens with two attached hydrogens (primary N) is 1. The van der Waals surface area contributed by atoms with Crippen LogP contribution in [0.4, 0.5) is 0 Å². The molecule has 0 aromatic rings. The predicted octanol–water partition coefficient (Wildman–Crippen LogP) is 3.26. The van der Waals surface area contributed by atoms with Crippen LogP contribution >= 0.6 is 0 Å². The summed E-state index contributed by atoms with van der Waals surface area (Å²) in [5.74, 6) is 1.70. The second kappa shape index (κ2) is 6.75. The Kier molecular flexibility index (Phi) is 5.94. The quantitative estimate of drug-likeness (QED) is 0.740. The van der Waals surface area contributed by atoms with Crippen LogP contribution in [0.1, 0.15) is 59.8 Å². The van der Waals surface area contributed by atoms with Crippen LogP contribution in [0, 0.1) is 11.8 Å². The summed E-state index contributed by atoms with van der Waals surface area (Å²) in [6.07, 6.45) is 6.55. The summed E-state index contributed by atoms with van der Waals surface area (Å²) in [5.41, 5.74) is 6.44. The molecule has 2 atom stereocenters. The molecule has 2 heteroatoms. The highest BCUT2D eigenvalue weighted by atomic mass is 15.2. The van der Waals surface area contributed by atoms with Crippen molar-refractivity contribution in [1.82, 2.24) is 4.90 Å². The Bertz CT molecular complexity index is 213. The van der Waals surface area contributed by atoms with E-state index in [0.717, 1.165) is 24.9 Å². The number of likely N-dealkylation sites (N-methyl/N-ethyl adjacent to an activating group) is 1. The second-order valence-corrected chi connectivity index (χ2v) is 6.00. The van der Waals surface area contributed by atoms with Crippen LogP contribution in [0.5, 0.6) is 0 Å². The topological polar surface area (TPSA) is 29.3 Å². The van der Waals surface area contributed by atoms with Gasteiger partial charge in [-0.1, -0.05) is 40.5 Å². The molecule has 2 nitrogen and oxygen atoms in total. The molecule has 0 bridgehead atoms.